The van der Waals surface area contributed by atoms with E-state index in [-0.39, 0.29) is 23.7 Å². The van der Waals surface area contributed by atoms with Crippen molar-refractivity contribution in [3.05, 3.63) is 0 Å². The molecule has 1 N–H and O–H groups in total. The van der Waals surface area contributed by atoms with E-state index in [4.69, 9.17) is 4.74 Å². The smallest absolute Gasteiger partial charge is 0.211 e. The Hall–Kier alpha value is -0.210. The number of piperidine rings is 1. The molecule has 2 atom stereocenters. The lowest BCUT2D eigenvalue weighted by atomic mass is 9.90. The average molecular weight is 393 g/mol. The van der Waals surface area contributed by atoms with Crippen molar-refractivity contribution in [2.45, 2.75) is 85.2 Å². The molecule has 0 aromatic carbocycles. The third-order valence-electron chi connectivity index (χ3n) is 5.15. The van der Waals surface area contributed by atoms with Crippen LogP contribution in [0.1, 0.15) is 61.3 Å². The number of aliphatic hydroxyl groups is 1. The molecule has 0 radical (unpaired) electrons. The van der Waals surface area contributed by atoms with Gasteiger partial charge in [-0.15, -0.1) is 0 Å². The normalized spacial score (nSPS) is 21.2. The Morgan fingerprint density at radius 3 is 2.04 bits per heavy atom. The van der Waals surface area contributed by atoms with E-state index in [1.165, 1.54) is 6.26 Å². The molecule has 0 aromatic heterocycles. The van der Waals surface area contributed by atoms with E-state index >= 15 is 0 Å². The maximum absolute atomic E-state index is 12.4. The van der Waals surface area contributed by atoms with Gasteiger partial charge in [0.25, 0.3) is 0 Å². The van der Waals surface area contributed by atoms with Gasteiger partial charge in [0.05, 0.1) is 24.6 Å². The summed E-state index contributed by atoms with van der Waals surface area (Å²) in [6.45, 7) is 16.8. The van der Waals surface area contributed by atoms with Crippen molar-refractivity contribution in [3.63, 3.8) is 0 Å². The first-order valence-electron chi connectivity index (χ1n) is 9.64. The number of likely N-dealkylation sites (tertiary alicyclic amines) is 1. The van der Waals surface area contributed by atoms with Crippen LogP contribution >= 0.6 is 0 Å². The maximum atomic E-state index is 12.4. The van der Waals surface area contributed by atoms with Gasteiger partial charge in [-0.3, -0.25) is 0 Å². The molecule has 0 amide bonds. The molecule has 0 aromatic rings. The van der Waals surface area contributed by atoms with E-state index in [0.717, 1.165) is 25.9 Å². The van der Waals surface area contributed by atoms with Gasteiger partial charge in [0, 0.05) is 31.7 Å². The van der Waals surface area contributed by atoms with Gasteiger partial charge >= 0.3 is 0 Å². The predicted molar refractivity (Wildman–Crippen MR) is 107 cm³/mol. The zero-order valence-electron chi connectivity index (χ0n) is 17.9. The Balaban J connectivity index is 2.95. The highest BCUT2D eigenvalue weighted by Gasteiger charge is 2.35. The van der Waals surface area contributed by atoms with Crippen LogP contribution in [-0.4, -0.2) is 79.0 Å². The summed E-state index contributed by atoms with van der Waals surface area (Å²) in [6, 6.07) is 0. The van der Waals surface area contributed by atoms with Crippen LogP contribution in [0.4, 0.5) is 0 Å². The summed E-state index contributed by atoms with van der Waals surface area (Å²) in [4.78, 5) is 2.27. The third-order valence-corrected chi connectivity index (χ3v) is 6.65. The molecule has 0 bridgehead atoms. The topological polar surface area (TPSA) is 70.1 Å². The molecule has 26 heavy (non-hydrogen) atoms. The summed E-state index contributed by atoms with van der Waals surface area (Å²) in [7, 11) is -3.34. The SMILES string of the molecule is CC(OC(CN1CCC(O)CC1)CN(C(C)(C)C)S(C)(=O)=O)C(C)(C)C. The van der Waals surface area contributed by atoms with Crippen molar-refractivity contribution < 1.29 is 18.3 Å². The number of sulfonamides is 1. The molecule has 0 spiro atoms. The zero-order valence-corrected chi connectivity index (χ0v) is 18.8. The highest BCUT2D eigenvalue weighted by molar-refractivity contribution is 7.88. The minimum absolute atomic E-state index is 0.00394. The molecule has 6 nitrogen and oxygen atoms in total. The Kier molecular flexibility index (Phi) is 8.12. The second-order valence-corrected chi connectivity index (χ2v) is 11.7. The van der Waals surface area contributed by atoms with E-state index in [0.29, 0.717) is 13.1 Å². The van der Waals surface area contributed by atoms with Gasteiger partial charge in [0.1, 0.15) is 0 Å². The summed E-state index contributed by atoms with van der Waals surface area (Å²) in [5.74, 6) is 0. The van der Waals surface area contributed by atoms with Crippen LogP contribution in [0, 0.1) is 5.41 Å². The molecule has 1 rings (SSSR count). The van der Waals surface area contributed by atoms with Crippen molar-refractivity contribution in [1.29, 1.82) is 0 Å². The fourth-order valence-corrected chi connectivity index (χ4v) is 4.55. The number of aliphatic hydroxyl groups excluding tert-OH is 1. The fourth-order valence-electron chi connectivity index (χ4n) is 3.12. The molecular formula is C19H40N2O4S. The van der Waals surface area contributed by atoms with Gasteiger partial charge in [-0.05, 0) is 46.0 Å². The molecule has 0 saturated carbocycles. The lowest BCUT2D eigenvalue weighted by Gasteiger charge is -2.40. The third kappa shape index (κ3) is 7.80. The zero-order chi connectivity index (χ0) is 20.3. The van der Waals surface area contributed by atoms with E-state index in [1.807, 2.05) is 20.8 Å². The van der Waals surface area contributed by atoms with Crippen LogP contribution in [0.3, 0.4) is 0 Å². The van der Waals surface area contributed by atoms with Crippen molar-refractivity contribution in [2.24, 2.45) is 5.41 Å². The van der Waals surface area contributed by atoms with Crippen LogP contribution in [0.15, 0.2) is 0 Å². The van der Waals surface area contributed by atoms with Gasteiger partial charge in [0.2, 0.25) is 10.0 Å². The van der Waals surface area contributed by atoms with Crippen molar-refractivity contribution in [1.82, 2.24) is 9.21 Å². The van der Waals surface area contributed by atoms with E-state index in [2.05, 4.69) is 32.6 Å². The molecule has 1 aliphatic rings. The van der Waals surface area contributed by atoms with Gasteiger partial charge in [-0.1, -0.05) is 20.8 Å². The quantitative estimate of drug-likeness (QED) is 0.720. The molecule has 1 aliphatic heterocycles. The predicted octanol–water partition coefficient (Wildman–Crippen LogP) is 2.32. The first-order chi connectivity index (χ1) is 11.6. The Morgan fingerprint density at radius 2 is 1.65 bits per heavy atom. The standard InChI is InChI=1S/C19H40N2O4S/c1-15(18(2,3)4)25-17(13-20-11-9-16(22)10-12-20)14-21(19(5,6)7)26(8,23)24/h15-17,22H,9-14H2,1-8H3. The number of nitrogens with zero attached hydrogens (tertiary/aromatic N) is 2. The number of ether oxygens (including phenoxy) is 1. The van der Waals surface area contributed by atoms with Crippen molar-refractivity contribution >= 4 is 10.0 Å². The van der Waals surface area contributed by atoms with E-state index in [1.54, 1.807) is 4.31 Å². The van der Waals surface area contributed by atoms with Crippen LogP contribution < -0.4 is 0 Å². The first-order valence-corrected chi connectivity index (χ1v) is 11.5. The number of hydrogen-bond acceptors (Lipinski definition) is 5. The Morgan fingerprint density at radius 1 is 1.15 bits per heavy atom. The van der Waals surface area contributed by atoms with Crippen LogP contribution in [0.2, 0.25) is 0 Å². The molecule has 156 valence electrons. The van der Waals surface area contributed by atoms with Crippen LogP contribution in [0.5, 0.6) is 0 Å². The largest absolute Gasteiger partial charge is 0.393 e. The van der Waals surface area contributed by atoms with Crippen molar-refractivity contribution in [3.8, 4) is 0 Å². The Labute approximate surface area is 160 Å². The summed E-state index contributed by atoms with van der Waals surface area (Å²) in [5.41, 5.74) is -0.522. The van der Waals surface area contributed by atoms with Crippen molar-refractivity contribution in [2.75, 3.05) is 32.4 Å². The number of hydrogen-bond donors (Lipinski definition) is 1. The van der Waals surface area contributed by atoms with Gasteiger partial charge in [0.15, 0.2) is 0 Å². The molecule has 1 fully saturated rings. The number of rotatable bonds is 7. The van der Waals surface area contributed by atoms with Gasteiger partial charge in [-0.25, -0.2) is 8.42 Å². The fraction of sp³-hybridized carbons (Fsp3) is 1.00. The average Bonchev–Trinajstić information content (AvgIpc) is 2.43. The second-order valence-electron chi connectivity index (χ2n) is 9.76. The molecule has 1 saturated heterocycles. The highest BCUT2D eigenvalue weighted by Crippen LogP contribution is 2.25. The first kappa shape index (κ1) is 23.8. The van der Waals surface area contributed by atoms with E-state index < -0.39 is 15.6 Å². The summed E-state index contributed by atoms with van der Waals surface area (Å²) >= 11 is 0. The van der Waals surface area contributed by atoms with Crippen LogP contribution in [-0.2, 0) is 14.8 Å². The summed E-state index contributed by atoms with van der Waals surface area (Å²) in [5, 5.41) is 9.73. The lowest BCUT2D eigenvalue weighted by Crippen LogP contribution is -2.53. The maximum Gasteiger partial charge on any atom is 0.211 e. The molecular weight excluding hydrogens is 352 g/mol. The van der Waals surface area contributed by atoms with Gasteiger partial charge in [-0.2, -0.15) is 4.31 Å². The Bertz CT molecular complexity index is 529. The molecule has 7 heteroatoms. The lowest BCUT2D eigenvalue weighted by molar-refractivity contribution is -0.0793. The second kappa shape index (κ2) is 8.86. The molecule has 2 unspecified atom stereocenters. The van der Waals surface area contributed by atoms with Gasteiger partial charge < -0.3 is 14.7 Å². The molecule has 0 aliphatic carbocycles. The molecule has 1 heterocycles. The minimum Gasteiger partial charge on any atom is -0.393 e. The summed E-state index contributed by atoms with van der Waals surface area (Å²) < 4.78 is 32.6. The monoisotopic (exact) mass is 392 g/mol. The minimum atomic E-state index is -3.34. The summed E-state index contributed by atoms with van der Waals surface area (Å²) in [6.07, 6.45) is 2.35. The van der Waals surface area contributed by atoms with Crippen LogP contribution in [0.25, 0.3) is 0 Å². The highest BCUT2D eigenvalue weighted by atomic mass is 32.2. The van der Waals surface area contributed by atoms with E-state index in [9.17, 15) is 13.5 Å².